The number of alkyl halides is 2. The summed E-state index contributed by atoms with van der Waals surface area (Å²) < 4.78 is 50.5. The van der Waals surface area contributed by atoms with Gasteiger partial charge in [-0.3, -0.25) is 0 Å². The molecule has 1 aromatic carbocycles. The summed E-state index contributed by atoms with van der Waals surface area (Å²) in [5, 5.41) is -0.115. The molecule has 0 saturated heterocycles. The molecule has 0 saturated carbocycles. The third kappa shape index (κ3) is 2.86. The van der Waals surface area contributed by atoms with Crippen LogP contribution in [0.4, 0.5) is 17.6 Å². The molecule has 0 aliphatic heterocycles. The molecule has 16 heavy (non-hydrogen) atoms. The van der Waals surface area contributed by atoms with E-state index in [0.29, 0.717) is 0 Å². The zero-order chi connectivity index (χ0) is 12.5. The Balaban J connectivity index is 3.02. The van der Waals surface area contributed by atoms with Crippen LogP contribution in [0, 0.1) is 11.6 Å². The van der Waals surface area contributed by atoms with Gasteiger partial charge in [0.25, 0.3) is 6.43 Å². The normalized spacial score (nSPS) is 15.2. The quantitative estimate of drug-likeness (QED) is 0.652. The summed E-state index contributed by atoms with van der Waals surface area (Å²) in [6.45, 7) is 1.12. The molecule has 0 heterocycles. The zero-order valence-corrected chi connectivity index (χ0v) is 9.16. The highest BCUT2D eigenvalue weighted by atomic mass is 35.5. The summed E-state index contributed by atoms with van der Waals surface area (Å²) in [7, 11) is 0. The van der Waals surface area contributed by atoms with Crippen molar-refractivity contribution in [3.8, 4) is 0 Å². The number of hydrogen-bond acceptors (Lipinski definition) is 1. The summed E-state index contributed by atoms with van der Waals surface area (Å²) in [4.78, 5) is 0. The molecule has 0 aliphatic rings. The molecule has 1 unspecified atom stereocenters. The second-order valence-corrected chi connectivity index (χ2v) is 4.25. The van der Waals surface area contributed by atoms with Gasteiger partial charge in [-0.25, -0.2) is 17.6 Å². The second-order valence-electron chi connectivity index (χ2n) is 3.84. The van der Waals surface area contributed by atoms with Gasteiger partial charge >= 0.3 is 0 Å². The third-order valence-electron chi connectivity index (χ3n) is 2.16. The van der Waals surface area contributed by atoms with Gasteiger partial charge in [0.2, 0.25) is 0 Å². The minimum absolute atomic E-state index is 0.0610. The fraction of sp³-hybridized carbons (Fsp3) is 0.400. The van der Waals surface area contributed by atoms with Crippen LogP contribution in [-0.4, -0.2) is 12.0 Å². The monoisotopic (exact) mass is 255 g/mol. The molecule has 0 aromatic heterocycles. The van der Waals surface area contributed by atoms with Gasteiger partial charge in [-0.2, -0.15) is 0 Å². The minimum atomic E-state index is -2.78. The second kappa shape index (κ2) is 4.59. The Morgan fingerprint density at radius 1 is 1.31 bits per heavy atom. The van der Waals surface area contributed by atoms with Crippen LogP contribution in [0.2, 0.25) is 5.02 Å². The summed E-state index contributed by atoms with van der Waals surface area (Å²) in [6, 6.07) is 1.53. The minimum Gasteiger partial charge on any atom is -0.320 e. The van der Waals surface area contributed by atoms with Crippen LogP contribution in [0.15, 0.2) is 12.1 Å². The van der Waals surface area contributed by atoms with Crippen LogP contribution in [0.25, 0.3) is 0 Å². The fourth-order valence-electron chi connectivity index (χ4n) is 1.19. The highest BCUT2D eigenvalue weighted by molar-refractivity contribution is 6.31. The van der Waals surface area contributed by atoms with Gasteiger partial charge in [0.15, 0.2) is 11.6 Å². The Labute approximate surface area is 95.2 Å². The van der Waals surface area contributed by atoms with E-state index in [1.165, 1.54) is 0 Å². The number of rotatable bonds is 3. The van der Waals surface area contributed by atoms with E-state index < -0.39 is 23.6 Å². The first-order valence-electron chi connectivity index (χ1n) is 4.44. The van der Waals surface area contributed by atoms with Gasteiger partial charge in [0.1, 0.15) is 0 Å². The highest BCUT2D eigenvalue weighted by Gasteiger charge is 2.31. The lowest BCUT2D eigenvalue weighted by atomic mass is 9.94. The van der Waals surface area contributed by atoms with E-state index in [0.717, 1.165) is 19.1 Å². The first-order chi connectivity index (χ1) is 7.24. The summed E-state index contributed by atoms with van der Waals surface area (Å²) >= 11 is 5.61. The molecule has 0 aliphatic carbocycles. The van der Waals surface area contributed by atoms with E-state index in [2.05, 4.69) is 0 Å². The van der Waals surface area contributed by atoms with Crippen molar-refractivity contribution in [3.05, 3.63) is 34.4 Å². The van der Waals surface area contributed by atoms with E-state index in [1.807, 2.05) is 0 Å². The van der Waals surface area contributed by atoms with Crippen molar-refractivity contribution in [2.45, 2.75) is 25.3 Å². The number of halogens is 5. The molecule has 0 amide bonds. The van der Waals surface area contributed by atoms with Crippen molar-refractivity contribution in [1.29, 1.82) is 0 Å². The van der Waals surface area contributed by atoms with Gasteiger partial charge in [-0.1, -0.05) is 11.6 Å². The number of benzene rings is 1. The van der Waals surface area contributed by atoms with Crippen molar-refractivity contribution in [2.75, 3.05) is 0 Å². The maximum Gasteiger partial charge on any atom is 0.256 e. The van der Waals surface area contributed by atoms with Crippen LogP contribution < -0.4 is 5.73 Å². The van der Waals surface area contributed by atoms with Crippen molar-refractivity contribution in [2.24, 2.45) is 5.73 Å². The fourth-order valence-corrected chi connectivity index (χ4v) is 1.40. The van der Waals surface area contributed by atoms with Crippen LogP contribution in [0.5, 0.6) is 0 Å². The summed E-state index contributed by atoms with van der Waals surface area (Å²) in [5.41, 5.74) is 3.56. The maximum atomic E-state index is 12.9. The molecule has 0 spiro atoms. The average Bonchev–Trinajstić information content (AvgIpc) is 2.13. The molecule has 90 valence electrons. The van der Waals surface area contributed by atoms with Crippen LogP contribution in [-0.2, 0) is 6.42 Å². The van der Waals surface area contributed by atoms with Gasteiger partial charge in [0, 0.05) is 5.02 Å². The Kier molecular flexibility index (Phi) is 3.80. The molecule has 0 bridgehead atoms. The molecule has 0 radical (unpaired) electrons. The van der Waals surface area contributed by atoms with Crippen molar-refractivity contribution >= 4 is 11.6 Å². The third-order valence-corrected chi connectivity index (χ3v) is 2.51. The van der Waals surface area contributed by atoms with Crippen LogP contribution in [0.1, 0.15) is 12.5 Å². The molecule has 1 nitrogen and oxygen atoms in total. The first kappa shape index (κ1) is 13.3. The van der Waals surface area contributed by atoms with Gasteiger partial charge in [0.05, 0.1) is 5.54 Å². The van der Waals surface area contributed by atoms with E-state index in [-0.39, 0.29) is 17.0 Å². The van der Waals surface area contributed by atoms with E-state index in [4.69, 9.17) is 17.3 Å². The lowest BCUT2D eigenvalue weighted by Gasteiger charge is -2.24. The molecule has 0 fully saturated rings. The lowest BCUT2D eigenvalue weighted by Crippen LogP contribution is -2.45. The van der Waals surface area contributed by atoms with Crippen molar-refractivity contribution in [1.82, 2.24) is 0 Å². The molecule has 2 N–H and O–H groups in total. The predicted molar refractivity (Wildman–Crippen MR) is 53.7 cm³/mol. The first-order valence-corrected chi connectivity index (χ1v) is 4.82. The van der Waals surface area contributed by atoms with E-state index >= 15 is 0 Å². The Morgan fingerprint density at radius 2 is 1.81 bits per heavy atom. The highest BCUT2D eigenvalue weighted by Crippen LogP contribution is 2.25. The maximum absolute atomic E-state index is 12.9. The molecule has 1 rings (SSSR count). The standard InChI is InChI=1S/C10H10ClF4N/c1-10(16,9(14)15)4-5-2-7(12)8(13)3-6(5)11/h2-3,9H,4,16H2,1H3. The smallest absolute Gasteiger partial charge is 0.256 e. The molecule has 6 heteroatoms. The van der Waals surface area contributed by atoms with Crippen molar-refractivity contribution < 1.29 is 17.6 Å². The summed E-state index contributed by atoms with van der Waals surface area (Å²) in [6.07, 6.45) is -3.11. The van der Waals surface area contributed by atoms with Crippen molar-refractivity contribution in [3.63, 3.8) is 0 Å². The summed E-state index contributed by atoms with van der Waals surface area (Å²) in [5.74, 6) is -2.26. The molecule has 1 aromatic rings. The predicted octanol–water partition coefficient (Wildman–Crippen LogP) is 3.14. The molecular weight excluding hydrogens is 246 g/mol. The van der Waals surface area contributed by atoms with Crippen LogP contribution in [0.3, 0.4) is 0 Å². The van der Waals surface area contributed by atoms with E-state index in [1.54, 1.807) is 0 Å². The lowest BCUT2D eigenvalue weighted by molar-refractivity contribution is 0.0639. The zero-order valence-electron chi connectivity index (χ0n) is 8.41. The largest absolute Gasteiger partial charge is 0.320 e. The van der Waals surface area contributed by atoms with Gasteiger partial charge < -0.3 is 5.73 Å². The van der Waals surface area contributed by atoms with Gasteiger partial charge in [-0.15, -0.1) is 0 Å². The Bertz CT molecular complexity index is 393. The van der Waals surface area contributed by atoms with Crippen LogP contribution >= 0.6 is 11.6 Å². The van der Waals surface area contributed by atoms with Gasteiger partial charge in [-0.05, 0) is 31.0 Å². The number of hydrogen-bond donors (Lipinski definition) is 1. The SMILES string of the molecule is CC(N)(Cc1cc(F)c(F)cc1Cl)C(F)F. The average molecular weight is 256 g/mol. The molecule has 1 atom stereocenters. The topological polar surface area (TPSA) is 26.0 Å². The Hall–Kier alpha value is -0.810. The Morgan fingerprint density at radius 3 is 2.31 bits per heavy atom. The van der Waals surface area contributed by atoms with E-state index in [9.17, 15) is 17.6 Å². The number of nitrogens with two attached hydrogens (primary N) is 1. The molecular formula is C10H10ClF4N.